The average molecular weight is 149 g/mol. The average Bonchev–Trinajstić information content (AvgIpc) is 2.87. The van der Waals surface area contributed by atoms with E-state index in [-0.39, 0.29) is 0 Å². The molecule has 11 heavy (non-hydrogen) atoms. The molecule has 0 radical (unpaired) electrons. The van der Waals surface area contributed by atoms with Gasteiger partial charge in [0.1, 0.15) is 5.82 Å². The molecule has 0 atom stereocenters. The largest absolute Gasteiger partial charge is 0.372 e. The highest BCUT2D eigenvalue weighted by Gasteiger charge is 2.25. The van der Waals surface area contributed by atoms with Gasteiger partial charge in [-0.25, -0.2) is 4.98 Å². The third-order valence-electron chi connectivity index (χ3n) is 1.90. The van der Waals surface area contributed by atoms with Gasteiger partial charge in [0, 0.05) is 19.2 Å². The van der Waals surface area contributed by atoms with Crippen LogP contribution in [0.2, 0.25) is 0 Å². The molecule has 1 aliphatic carbocycles. The van der Waals surface area contributed by atoms with Crippen molar-refractivity contribution in [3.63, 3.8) is 0 Å². The molecule has 1 heterocycles. The first-order chi connectivity index (χ1) is 5.40. The van der Waals surface area contributed by atoms with Gasteiger partial charge in [-0.05, 0) is 12.8 Å². The second-order valence-corrected chi connectivity index (χ2v) is 2.85. The van der Waals surface area contributed by atoms with Crippen LogP contribution in [0.25, 0.3) is 0 Å². The Morgan fingerprint density at radius 3 is 2.91 bits per heavy atom. The van der Waals surface area contributed by atoms with Gasteiger partial charge in [0.25, 0.3) is 0 Å². The lowest BCUT2D eigenvalue weighted by Gasteiger charge is -1.99. The molecule has 58 valence electrons. The van der Waals surface area contributed by atoms with E-state index in [2.05, 4.69) is 15.3 Å². The van der Waals surface area contributed by atoms with Gasteiger partial charge in [-0.3, -0.25) is 4.98 Å². The van der Waals surface area contributed by atoms with Crippen molar-refractivity contribution >= 4 is 5.82 Å². The molecule has 3 nitrogen and oxygen atoms in total. The Morgan fingerprint density at radius 1 is 1.45 bits per heavy atom. The fraction of sp³-hybridized carbons (Fsp3) is 0.500. The highest BCUT2D eigenvalue weighted by Crippen LogP contribution is 2.38. The summed E-state index contributed by atoms with van der Waals surface area (Å²) < 4.78 is 0. The van der Waals surface area contributed by atoms with Crippen LogP contribution in [0, 0.1) is 0 Å². The predicted molar refractivity (Wildman–Crippen MR) is 43.6 cm³/mol. The van der Waals surface area contributed by atoms with Crippen molar-refractivity contribution in [1.29, 1.82) is 0 Å². The number of nitrogens with one attached hydrogen (secondary N) is 1. The molecule has 0 amide bonds. The minimum atomic E-state index is 0.691. The molecule has 1 aliphatic rings. The molecule has 0 aromatic carbocycles. The van der Waals surface area contributed by atoms with Crippen molar-refractivity contribution in [2.24, 2.45) is 0 Å². The van der Waals surface area contributed by atoms with Crippen molar-refractivity contribution in [2.45, 2.75) is 18.8 Å². The molecule has 1 aromatic heterocycles. The Bertz CT molecular complexity index is 255. The molecular formula is C8H11N3. The minimum Gasteiger partial charge on any atom is -0.372 e. The van der Waals surface area contributed by atoms with E-state index >= 15 is 0 Å². The zero-order valence-electron chi connectivity index (χ0n) is 6.54. The van der Waals surface area contributed by atoms with Crippen LogP contribution in [0.5, 0.6) is 0 Å². The van der Waals surface area contributed by atoms with Crippen molar-refractivity contribution < 1.29 is 0 Å². The molecule has 1 N–H and O–H groups in total. The third kappa shape index (κ3) is 1.31. The Hall–Kier alpha value is -1.12. The summed E-state index contributed by atoms with van der Waals surface area (Å²) in [5.41, 5.74) is 1.14. The van der Waals surface area contributed by atoms with E-state index in [1.165, 1.54) is 12.8 Å². The highest BCUT2D eigenvalue weighted by molar-refractivity contribution is 5.31. The van der Waals surface area contributed by atoms with Crippen LogP contribution in [0.4, 0.5) is 5.82 Å². The summed E-state index contributed by atoms with van der Waals surface area (Å²) in [6.07, 6.45) is 6.16. The van der Waals surface area contributed by atoms with Gasteiger partial charge >= 0.3 is 0 Å². The SMILES string of the molecule is CNc1cncc(C2CC2)n1. The number of rotatable bonds is 2. The van der Waals surface area contributed by atoms with Crippen LogP contribution in [-0.2, 0) is 0 Å². The summed E-state index contributed by atoms with van der Waals surface area (Å²) >= 11 is 0. The summed E-state index contributed by atoms with van der Waals surface area (Å²) in [4.78, 5) is 8.47. The number of hydrogen-bond acceptors (Lipinski definition) is 3. The molecule has 2 rings (SSSR count). The van der Waals surface area contributed by atoms with E-state index in [1.54, 1.807) is 6.20 Å². The Morgan fingerprint density at radius 2 is 2.27 bits per heavy atom. The molecule has 0 spiro atoms. The first-order valence-corrected chi connectivity index (χ1v) is 3.90. The summed E-state index contributed by atoms with van der Waals surface area (Å²) in [5.74, 6) is 1.56. The maximum atomic E-state index is 4.38. The van der Waals surface area contributed by atoms with E-state index in [1.807, 2.05) is 13.2 Å². The van der Waals surface area contributed by atoms with Crippen LogP contribution in [0.1, 0.15) is 24.5 Å². The number of nitrogens with zero attached hydrogens (tertiary/aromatic N) is 2. The van der Waals surface area contributed by atoms with E-state index in [4.69, 9.17) is 0 Å². The number of anilines is 1. The zero-order valence-corrected chi connectivity index (χ0v) is 6.54. The maximum absolute atomic E-state index is 4.38. The Kier molecular flexibility index (Phi) is 1.49. The van der Waals surface area contributed by atoms with Gasteiger partial charge in [-0.15, -0.1) is 0 Å². The summed E-state index contributed by atoms with van der Waals surface area (Å²) in [6, 6.07) is 0. The van der Waals surface area contributed by atoms with Gasteiger partial charge in [-0.1, -0.05) is 0 Å². The molecule has 1 saturated carbocycles. The van der Waals surface area contributed by atoms with Crippen LogP contribution < -0.4 is 5.32 Å². The minimum absolute atomic E-state index is 0.691. The van der Waals surface area contributed by atoms with Crippen LogP contribution >= 0.6 is 0 Å². The van der Waals surface area contributed by atoms with Gasteiger partial charge < -0.3 is 5.32 Å². The van der Waals surface area contributed by atoms with Gasteiger partial charge in [0.15, 0.2) is 0 Å². The van der Waals surface area contributed by atoms with Gasteiger partial charge in [0.05, 0.1) is 11.9 Å². The highest BCUT2D eigenvalue weighted by atomic mass is 15.0. The Balaban J connectivity index is 2.26. The number of hydrogen-bond donors (Lipinski definition) is 1. The fourth-order valence-electron chi connectivity index (χ4n) is 1.08. The van der Waals surface area contributed by atoms with E-state index in [0.717, 1.165) is 11.5 Å². The van der Waals surface area contributed by atoms with Crippen LogP contribution in [-0.4, -0.2) is 17.0 Å². The molecule has 0 bridgehead atoms. The quantitative estimate of drug-likeness (QED) is 0.690. The first kappa shape index (κ1) is 6.58. The van der Waals surface area contributed by atoms with E-state index in [0.29, 0.717) is 5.92 Å². The summed E-state index contributed by atoms with van der Waals surface area (Å²) in [5, 5.41) is 2.98. The summed E-state index contributed by atoms with van der Waals surface area (Å²) in [7, 11) is 1.86. The van der Waals surface area contributed by atoms with Gasteiger partial charge in [0.2, 0.25) is 0 Å². The molecular weight excluding hydrogens is 138 g/mol. The zero-order chi connectivity index (χ0) is 7.68. The van der Waals surface area contributed by atoms with Crippen molar-refractivity contribution in [1.82, 2.24) is 9.97 Å². The molecule has 0 saturated heterocycles. The van der Waals surface area contributed by atoms with E-state index in [9.17, 15) is 0 Å². The predicted octanol–water partition coefficient (Wildman–Crippen LogP) is 1.40. The second kappa shape index (κ2) is 2.49. The normalized spacial score (nSPS) is 16.5. The fourth-order valence-corrected chi connectivity index (χ4v) is 1.08. The van der Waals surface area contributed by atoms with Crippen molar-refractivity contribution in [3.8, 4) is 0 Å². The third-order valence-corrected chi connectivity index (χ3v) is 1.90. The topological polar surface area (TPSA) is 37.8 Å². The molecule has 3 heteroatoms. The van der Waals surface area contributed by atoms with Crippen LogP contribution in [0.15, 0.2) is 12.4 Å². The smallest absolute Gasteiger partial charge is 0.144 e. The summed E-state index contributed by atoms with van der Waals surface area (Å²) in [6.45, 7) is 0. The van der Waals surface area contributed by atoms with Crippen molar-refractivity contribution in [3.05, 3.63) is 18.1 Å². The monoisotopic (exact) mass is 149 g/mol. The molecule has 1 aromatic rings. The lowest BCUT2D eigenvalue weighted by molar-refractivity contribution is 0.989. The molecule has 0 unspecified atom stereocenters. The first-order valence-electron chi connectivity index (χ1n) is 3.90. The molecule has 1 fully saturated rings. The van der Waals surface area contributed by atoms with Crippen molar-refractivity contribution in [2.75, 3.05) is 12.4 Å². The molecule has 0 aliphatic heterocycles. The lowest BCUT2D eigenvalue weighted by Crippen LogP contribution is -1.96. The maximum Gasteiger partial charge on any atom is 0.144 e. The lowest BCUT2D eigenvalue weighted by atomic mass is 10.3. The second-order valence-electron chi connectivity index (χ2n) is 2.85. The Labute approximate surface area is 65.9 Å². The standard InChI is InChI=1S/C8H11N3/c1-9-8-5-10-4-7(11-8)6-2-3-6/h4-6H,2-3H2,1H3,(H,9,11). The van der Waals surface area contributed by atoms with Gasteiger partial charge in [-0.2, -0.15) is 0 Å². The van der Waals surface area contributed by atoms with Crippen LogP contribution in [0.3, 0.4) is 0 Å². The van der Waals surface area contributed by atoms with E-state index < -0.39 is 0 Å². The number of aromatic nitrogens is 2.